The smallest absolute Gasteiger partial charge is 0.166 e. The molecule has 3 aromatic heterocycles. The van der Waals surface area contributed by atoms with Crippen LogP contribution in [0.3, 0.4) is 0 Å². The molecule has 0 radical (unpaired) electrons. The molecular formula is C45H28N4O. The number of nitrogens with zero attached hydrogens (tertiary/aromatic N) is 4. The van der Waals surface area contributed by atoms with E-state index in [0.29, 0.717) is 11.1 Å². The Kier molecular flexibility index (Phi) is 3.55. The lowest BCUT2D eigenvalue weighted by Crippen LogP contribution is -2.02. The van der Waals surface area contributed by atoms with Crippen LogP contribution < -0.4 is 0 Å². The number of hydrogen-bond donors (Lipinski definition) is 0. The number of aromatic nitrogens is 4. The van der Waals surface area contributed by atoms with E-state index in [1.54, 1.807) is 60.7 Å². The van der Waals surface area contributed by atoms with E-state index in [-0.39, 0.29) is 44.7 Å². The molecule has 5 heteroatoms. The summed E-state index contributed by atoms with van der Waals surface area (Å²) < 4.78 is 169. The predicted molar refractivity (Wildman–Crippen MR) is 203 cm³/mol. The topological polar surface area (TPSA) is 56.7 Å². The fraction of sp³-hybridized carbons (Fsp3) is 0. The lowest BCUT2D eigenvalue weighted by molar-refractivity contribution is 0.668. The molecule has 0 spiro atoms. The van der Waals surface area contributed by atoms with Crippen LogP contribution in [0.5, 0.6) is 0 Å². The third kappa shape index (κ3) is 4.60. The van der Waals surface area contributed by atoms with Crippen molar-refractivity contribution in [3.8, 4) is 51.0 Å². The van der Waals surface area contributed by atoms with Crippen LogP contribution in [0, 0.1) is 0 Å². The van der Waals surface area contributed by atoms with Crippen LogP contribution in [0.2, 0.25) is 0 Å². The number of furan rings is 1. The van der Waals surface area contributed by atoms with Gasteiger partial charge in [0.25, 0.3) is 0 Å². The second-order valence-electron chi connectivity index (χ2n) is 11.1. The van der Waals surface area contributed by atoms with E-state index >= 15 is 0 Å². The summed E-state index contributed by atoms with van der Waals surface area (Å²) in [4.78, 5) is 14.2. The SMILES string of the molecule is [2H]c1c([2H])c([2H])c(-c2c([2H])c([2H])c3oc4c([2H])c(-n5c6c([2H])c([2H])c([2H])c([2H])c6c6c([2H])c([2H])c([2H])c(-c7nc(-c8ccccc8)nc(-c8ccccc8)n7)c65)c([2H])c([2H])c4c3c2[2H])c([2H])c1[2H]. The zero-order valence-electron chi connectivity index (χ0n) is 43.5. The van der Waals surface area contributed by atoms with Crippen LogP contribution in [-0.4, -0.2) is 19.5 Å². The van der Waals surface area contributed by atoms with Crippen LogP contribution in [0.4, 0.5) is 0 Å². The van der Waals surface area contributed by atoms with Gasteiger partial charge >= 0.3 is 0 Å². The minimum atomic E-state index is -0.814. The third-order valence-electron chi connectivity index (χ3n) is 8.11. The highest BCUT2D eigenvalue weighted by atomic mass is 16.3. The maximum absolute atomic E-state index is 9.75. The van der Waals surface area contributed by atoms with Crippen molar-refractivity contribution < 1.29 is 29.1 Å². The Bertz CT molecular complexity index is 3810. The highest BCUT2D eigenvalue weighted by molar-refractivity contribution is 6.14. The molecule has 10 rings (SSSR count). The average molecular weight is 659 g/mol. The molecule has 234 valence electrons. The molecule has 10 aromatic rings. The fourth-order valence-electron chi connectivity index (χ4n) is 5.87. The molecule has 0 bridgehead atoms. The molecule has 5 nitrogen and oxygen atoms in total. The first-order valence-electron chi connectivity index (χ1n) is 24.2. The zero-order valence-corrected chi connectivity index (χ0v) is 25.5. The summed E-state index contributed by atoms with van der Waals surface area (Å²) >= 11 is 0. The van der Waals surface area contributed by atoms with Crippen molar-refractivity contribution in [2.45, 2.75) is 0 Å². The first kappa shape index (κ1) is 15.6. The summed E-state index contributed by atoms with van der Waals surface area (Å²) in [6.45, 7) is 0. The number of fused-ring (bicyclic) bond motifs is 6. The maximum atomic E-state index is 9.75. The highest BCUT2D eigenvalue weighted by Crippen LogP contribution is 2.40. The van der Waals surface area contributed by atoms with Crippen LogP contribution in [0.15, 0.2) is 174 Å². The van der Waals surface area contributed by atoms with Gasteiger partial charge in [-0.1, -0.05) is 127 Å². The molecule has 0 amide bonds. The van der Waals surface area contributed by atoms with Gasteiger partial charge in [-0.25, -0.2) is 15.0 Å². The van der Waals surface area contributed by atoms with Gasteiger partial charge in [0.1, 0.15) is 11.2 Å². The number of para-hydroxylation sites is 2. The molecule has 50 heavy (non-hydrogen) atoms. The van der Waals surface area contributed by atoms with Gasteiger partial charge in [0.15, 0.2) is 17.5 Å². The minimum Gasteiger partial charge on any atom is -0.456 e. The van der Waals surface area contributed by atoms with Gasteiger partial charge in [-0.15, -0.1) is 0 Å². The zero-order chi connectivity index (χ0) is 48.7. The van der Waals surface area contributed by atoms with Gasteiger partial charge < -0.3 is 8.98 Å². The van der Waals surface area contributed by atoms with Crippen molar-refractivity contribution in [3.63, 3.8) is 0 Å². The minimum absolute atomic E-state index is 0.115. The van der Waals surface area contributed by atoms with Crippen molar-refractivity contribution in [1.29, 1.82) is 0 Å². The summed E-state index contributed by atoms with van der Waals surface area (Å²) in [6.07, 6.45) is 0. The lowest BCUT2D eigenvalue weighted by atomic mass is 10.0. The molecule has 0 saturated heterocycles. The summed E-state index contributed by atoms with van der Waals surface area (Å²) in [5.41, 5.74) is -2.76. The lowest BCUT2D eigenvalue weighted by Gasteiger charge is -2.12. The van der Waals surface area contributed by atoms with Gasteiger partial charge in [0, 0.05) is 50.0 Å². The van der Waals surface area contributed by atoms with E-state index in [1.165, 1.54) is 0 Å². The predicted octanol–water partition coefficient (Wildman–Crippen LogP) is 11.5. The van der Waals surface area contributed by atoms with E-state index in [9.17, 15) is 9.60 Å². The van der Waals surface area contributed by atoms with Crippen molar-refractivity contribution in [1.82, 2.24) is 19.5 Å². The number of benzene rings is 7. The quantitative estimate of drug-likeness (QED) is 0.185. The van der Waals surface area contributed by atoms with Gasteiger partial charge in [0.2, 0.25) is 0 Å². The van der Waals surface area contributed by atoms with E-state index in [2.05, 4.69) is 0 Å². The first-order valence-corrected chi connectivity index (χ1v) is 15.2. The molecule has 0 fully saturated rings. The molecule has 0 N–H and O–H groups in total. The summed E-state index contributed by atoms with van der Waals surface area (Å²) in [7, 11) is 0. The van der Waals surface area contributed by atoms with Crippen LogP contribution in [0.25, 0.3) is 94.7 Å². The maximum Gasteiger partial charge on any atom is 0.166 e. The highest BCUT2D eigenvalue weighted by Gasteiger charge is 2.20. The van der Waals surface area contributed by atoms with Gasteiger partial charge in [-0.2, -0.15) is 0 Å². The molecular weight excluding hydrogens is 613 g/mol. The molecule has 0 aliphatic rings. The largest absolute Gasteiger partial charge is 0.456 e. The molecule has 0 unspecified atom stereocenters. The molecule has 7 aromatic carbocycles. The standard InChI is InChI=1S/C45H28N4O/c1-4-13-29(14-5-1)32-23-26-40-38(27-32)35-25-24-33(28-41(35)50-40)49-39-22-11-10-19-34(39)36-20-12-21-37(42(36)49)45-47-43(30-15-6-2-7-16-30)46-44(48-45)31-17-8-3-9-18-31/h1-28H/i1D,4D,5D,10D,11D,12D,13D,14D,19D,20D,21D,22D,23D,24D,25D,26D,27D,28D. The molecule has 0 aliphatic heterocycles. The van der Waals surface area contributed by atoms with Crippen molar-refractivity contribution in [2.24, 2.45) is 0 Å². The summed E-state index contributed by atoms with van der Waals surface area (Å²) in [6, 6.07) is 4.29. The van der Waals surface area contributed by atoms with Gasteiger partial charge in [0.05, 0.1) is 35.7 Å². The second-order valence-corrected chi connectivity index (χ2v) is 11.1. The van der Waals surface area contributed by atoms with Gasteiger partial charge in [-0.05, 0) is 47.4 Å². The Balaban J connectivity index is 1.40. The Morgan fingerprint density at radius 1 is 0.460 bits per heavy atom. The summed E-state index contributed by atoms with van der Waals surface area (Å²) in [5, 5.41) is -1.42. The Morgan fingerprint density at radius 2 is 1.14 bits per heavy atom. The molecule has 0 atom stereocenters. The Morgan fingerprint density at radius 3 is 1.90 bits per heavy atom. The van der Waals surface area contributed by atoms with Gasteiger partial charge in [-0.3, -0.25) is 0 Å². The van der Waals surface area contributed by atoms with Crippen molar-refractivity contribution in [2.75, 3.05) is 0 Å². The van der Waals surface area contributed by atoms with E-state index < -0.39 is 148 Å². The Labute approximate surface area is 313 Å². The number of hydrogen-bond acceptors (Lipinski definition) is 4. The monoisotopic (exact) mass is 658 g/mol. The van der Waals surface area contributed by atoms with Crippen molar-refractivity contribution in [3.05, 3.63) is 169 Å². The number of rotatable bonds is 5. The summed E-state index contributed by atoms with van der Waals surface area (Å²) in [5.74, 6) is -0.0246. The van der Waals surface area contributed by atoms with E-state index in [0.717, 1.165) is 4.57 Å². The average Bonchev–Trinajstić information content (AvgIpc) is 3.92. The van der Waals surface area contributed by atoms with Crippen LogP contribution in [-0.2, 0) is 0 Å². The molecule has 3 heterocycles. The van der Waals surface area contributed by atoms with Crippen LogP contribution in [0.1, 0.15) is 24.7 Å². The fourth-order valence-corrected chi connectivity index (χ4v) is 5.87. The van der Waals surface area contributed by atoms with E-state index in [4.69, 9.17) is 34.4 Å². The van der Waals surface area contributed by atoms with E-state index in [1.807, 2.05) is 0 Å². The second kappa shape index (κ2) is 11.4. The molecule has 0 saturated carbocycles. The Hall–Kier alpha value is -6.85. The van der Waals surface area contributed by atoms with Crippen molar-refractivity contribution >= 4 is 43.7 Å². The third-order valence-corrected chi connectivity index (χ3v) is 8.11. The normalized spacial score (nSPS) is 16.6. The first-order chi connectivity index (χ1) is 32.3. The molecule has 0 aliphatic carbocycles. The van der Waals surface area contributed by atoms with Crippen LogP contribution >= 0.6 is 0 Å².